The molecule has 4 rings (SSSR count). The Bertz CT molecular complexity index is 1150. The fourth-order valence-electron chi connectivity index (χ4n) is 3.37. The van der Waals surface area contributed by atoms with E-state index in [0.717, 1.165) is 22.6 Å². The van der Waals surface area contributed by atoms with Crippen molar-refractivity contribution >= 4 is 23.2 Å². The SMILES string of the molecule is CCOc1ccc(-c2[nH]nc3c2C(c2ccc(Cl)c(Cl)c2)C(C#N)=C(N)O3)cc1. The molecule has 1 atom stereocenters. The Labute approximate surface area is 177 Å². The molecule has 0 amide bonds. The molecule has 146 valence electrons. The third kappa shape index (κ3) is 3.39. The number of H-pyrrole nitrogens is 1. The summed E-state index contributed by atoms with van der Waals surface area (Å²) in [6, 6.07) is 15.0. The molecule has 1 aliphatic rings. The average Bonchev–Trinajstić information content (AvgIpc) is 3.13. The van der Waals surface area contributed by atoms with Crippen LogP contribution < -0.4 is 15.2 Å². The first-order chi connectivity index (χ1) is 14.0. The maximum Gasteiger partial charge on any atom is 0.244 e. The van der Waals surface area contributed by atoms with Gasteiger partial charge in [-0.05, 0) is 48.9 Å². The fourth-order valence-corrected chi connectivity index (χ4v) is 3.68. The number of aromatic amines is 1. The quantitative estimate of drug-likeness (QED) is 0.611. The van der Waals surface area contributed by atoms with Crippen molar-refractivity contribution in [2.75, 3.05) is 6.61 Å². The first kappa shape index (κ1) is 19.2. The van der Waals surface area contributed by atoms with Gasteiger partial charge in [0.25, 0.3) is 0 Å². The lowest BCUT2D eigenvalue weighted by Crippen LogP contribution is -2.21. The van der Waals surface area contributed by atoms with Crippen LogP contribution in [0.5, 0.6) is 11.6 Å². The molecule has 0 bridgehead atoms. The summed E-state index contributed by atoms with van der Waals surface area (Å²) in [6.45, 7) is 2.51. The summed E-state index contributed by atoms with van der Waals surface area (Å²) >= 11 is 12.3. The lowest BCUT2D eigenvalue weighted by molar-refractivity contribution is 0.340. The van der Waals surface area contributed by atoms with Gasteiger partial charge in [-0.2, -0.15) is 5.26 Å². The molecule has 1 aromatic heterocycles. The van der Waals surface area contributed by atoms with Gasteiger partial charge >= 0.3 is 0 Å². The summed E-state index contributed by atoms with van der Waals surface area (Å²) in [6.07, 6.45) is 0. The first-order valence-corrected chi connectivity index (χ1v) is 9.63. The number of hydrogen-bond acceptors (Lipinski definition) is 5. The minimum absolute atomic E-state index is 0.0146. The molecule has 8 heteroatoms. The lowest BCUT2D eigenvalue weighted by Gasteiger charge is -2.24. The number of nitriles is 1. The van der Waals surface area contributed by atoms with Crippen LogP contribution in [0, 0.1) is 11.3 Å². The Morgan fingerprint density at radius 3 is 2.62 bits per heavy atom. The number of rotatable bonds is 4. The number of fused-ring (bicyclic) bond motifs is 1. The van der Waals surface area contributed by atoms with Crippen molar-refractivity contribution in [3.63, 3.8) is 0 Å². The van der Waals surface area contributed by atoms with Gasteiger partial charge in [-0.25, -0.2) is 0 Å². The average molecular weight is 427 g/mol. The Kier molecular flexibility index (Phi) is 5.10. The molecule has 6 nitrogen and oxygen atoms in total. The molecule has 2 aromatic carbocycles. The second-order valence-electron chi connectivity index (χ2n) is 6.37. The van der Waals surface area contributed by atoms with E-state index in [1.165, 1.54) is 0 Å². The summed E-state index contributed by atoms with van der Waals surface area (Å²) < 4.78 is 11.1. The largest absolute Gasteiger partial charge is 0.494 e. The van der Waals surface area contributed by atoms with Gasteiger partial charge < -0.3 is 15.2 Å². The summed E-state index contributed by atoms with van der Waals surface area (Å²) in [4.78, 5) is 0. The topological polar surface area (TPSA) is 97.0 Å². The maximum atomic E-state index is 9.76. The summed E-state index contributed by atoms with van der Waals surface area (Å²) in [5.74, 6) is 0.602. The molecule has 1 unspecified atom stereocenters. The van der Waals surface area contributed by atoms with E-state index in [0.29, 0.717) is 28.1 Å². The Hall–Kier alpha value is -3.14. The van der Waals surface area contributed by atoms with Crippen LogP contribution in [-0.2, 0) is 0 Å². The highest BCUT2D eigenvalue weighted by molar-refractivity contribution is 6.42. The van der Waals surface area contributed by atoms with E-state index in [-0.39, 0.29) is 11.5 Å². The summed E-state index contributed by atoms with van der Waals surface area (Å²) in [5, 5.41) is 17.9. The van der Waals surface area contributed by atoms with Gasteiger partial charge in [-0.1, -0.05) is 29.3 Å². The van der Waals surface area contributed by atoms with Crippen LogP contribution in [0.3, 0.4) is 0 Å². The number of allylic oxidation sites excluding steroid dienone is 1. The molecule has 0 spiro atoms. The summed E-state index contributed by atoms with van der Waals surface area (Å²) in [7, 11) is 0. The van der Waals surface area contributed by atoms with Crippen molar-refractivity contribution < 1.29 is 9.47 Å². The predicted molar refractivity (Wildman–Crippen MR) is 111 cm³/mol. The monoisotopic (exact) mass is 426 g/mol. The van der Waals surface area contributed by atoms with Crippen LogP contribution in [0.1, 0.15) is 24.0 Å². The van der Waals surface area contributed by atoms with E-state index < -0.39 is 5.92 Å². The number of benzene rings is 2. The number of nitrogens with one attached hydrogen (secondary N) is 1. The minimum Gasteiger partial charge on any atom is -0.494 e. The molecule has 0 radical (unpaired) electrons. The second-order valence-corrected chi connectivity index (χ2v) is 7.19. The van der Waals surface area contributed by atoms with Crippen LogP contribution >= 0.6 is 23.2 Å². The van der Waals surface area contributed by atoms with Crippen LogP contribution in [-0.4, -0.2) is 16.8 Å². The van der Waals surface area contributed by atoms with Crippen LogP contribution in [0.25, 0.3) is 11.3 Å². The standard InChI is InChI=1S/C21H16Cl2N4O2/c1-2-28-13-6-3-11(4-7-13)19-18-17(12-5-8-15(22)16(23)9-12)14(10-24)20(25)29-21(18)27-26-19/h3-9,17H,2,25H2,1H3,(H,26,27). The fraction of sp³-hybridized carbons (Fsp3) is 0.143. The molecule has 29 heavy (non-hydrogen) atoms. The molecule has 3 aromatic rings. The van der Waals surface area contributed by atoms with Gasteiger partial charge in [0.05, 0.1) is 33.8 Å². The number of ether oxygens (including phenoxy) is 2. The number of nitrogens with two attached hydrogens (primary N) is 1. The van der Waals surface area contributed by atoms with E-state index in [1.807, 2.05) is 37.3 Å². The second kappa shape index (κ2) is 7.70. The van der Waals surface area contributed by atoms with Gasteiger partial charge in [0.2, 0.25) is 11.8 Å². The molecule has 0 fully saturated rings. The lowest BCUT2D eigenvalue weighted by atomic mass is 9.83. The van der Waals surface area contributed by atoms with Crippen molar-refractivity contribution in [1.29, 1.82) is 5.26 Å². The molecule has 0 saturated carbocycles. The van der Waals surface area contributed by atoms with E-state index in [2.05, 4.69) is 16.3 Å². The Morgan fingerprint density at radius 2 is 1.97 bits per heavy atom. The van der Waals surface area contributed by atoms with Crippen molar-refractivity contribution in [2.24, 2.45) is 5.73 Å². The van der Waals surface area contributed by atoms with Crippen molar-refractivity contribution in [3.05, 3.63) is 75.1 Å². The highest BCUT2D eigenvalue weighted by atomic mass is 35.5. The zero-order valence-electron chi connectivity index (χ0n) is 15.4. The Morgan fingerprint density at radius 1 is 1.21 bits per heavy atom. The molecule has 2 heterocycles. The third-order valence-electron chi connectivity index (χ3n) is 4.67. The Balaban J connectivity index is 1.87. The van der Waals surface area contributed by atoms with E-state index >= 15 is 0 Å². The van der Waals surface area contributed by atoms with Gasteiger partial charge in [0.1, 0.15) is 17.4 Å². The summed E-state index contributed by atoms with van der Waals surface area (Å²) in [5.41, 5.74) is 9.35. The smallest absolute Gasteiger partial charge is 0.244 e. The van der Waals surface area contributed by atoms with Crippen LogP contribution in [0.2, 0.25) is 10.0 Å². The van der Waals surface area contributed by atoms with E-state index in [1.54, 1.807) is 12.1 Å². The van der Waals surface area contributed by atoms with Gasteiger partial charge in [0, 0.05) is 5.56 Å². The number of aromatic nitrogens is 2. The molecule has 1 aliphatic heterocycles. The first-order valence-electron chi connectivity index (χ1n) is 8.87. The number of halogens is 2. The van der Waals surface area contributed by atoms with Crippen molar-refractivity contribution in [3.8, 4) is 29.0 Å². The molecule has 0 saturated heterocycles. The number of hydrogen-bond donors (Lipinski definition) is 2. The normalized spacial score (nSPS) is 15.4. The predicted octanol–water partition coefficient (Wildman–Crippen LogP) is 5.00. The highest BCUT2D eigenvalue weighted by Crippen LogP contribution is 2.46. The van der Waals surface area contributed by atoms with Gasteiger partial charge in [-0.3, -0.25) is 5.10 Å². The molecular weight excluding hydrogens is 411 g/mol. The van der Waals surface area contributed by atoms with Crippen LogP contribution in [0.15, 0.2) is 53.9 Å². The molecular formula is C21H16Cl2N4O2. The van der Waals surface area contributed by atoms with E-state index in [4.69, 9.17) is 38.4 Å². The van der Waals surface area contributed by atoms with Gasteiger partial charge in [-0.15, -0.1) is 5.10 Å². The zero-order chi connectivity index (χ0) is 20.5. The van der Waals surface area contributed by atoms with Gasteiger partial charge in [0.15, 0.2) is 0 Å². The zero-order valence-corrected chi connectivity index (χ0v) is 16.9. The van der Waals surface area contributed by atoms with E-state index in [9.17, 15) is 5.26 Å². The van der Waals surface area contributed by atoms with Crippen molar-refractivity contribution in [2.45, 2.75) is 12.8 Å². The maximum absolute atomic E-state index is 9.76. The number of nitrogens with zero attached hydrogens (tertiary/aromatic N) is 2. The minimum atomic E-state index is -0.501. The van der Waals surface area contributed by atoms with Crippen LogP contribution in [0.4, 0.5) is 0 Å². The third-order valence-corrected chi connectivity index (χ3v) is 5.41. The highest BCUT2D eigenvalue weighted by Gasteiger charge is 2.35. The molecule has 3 N–H and O–H groups in total. The molecule has 0 aliphatic carbocycles. The van der Waals surface area contributed by atoms with Crippen molar-refractivity contribution in [1.82, 2.24) is 10.2 Å².